The molecule has 5 heteroatoms. The number of carbonyl (C=O) groups excluding carboxylic acids is 1. The highest BCUT2D eigenvalue weighted by atomic mass is 32.2. The van der Waals surface area contributed by atoms with Crippen molar-refractivity contribution in [3.63, 3.8) is 0 Å². The van der Waals surface area contributed by atoms with Crippen LogP contribution < -0.4 is 5.32 Å². The molecule has 94 valence electrons. The van der Waals surface area contributed by atoms with Crippen LogP contribution in [-0.4, -0.2) is 61.2 Å². The number of nitrogens with zero attached hydrogens (tertiary/aromatic N) is 1. The maximum Gasteiger partial charge on any atom is 0.320 e. The monoisotopic (exact) mass is 246 g/mol. The van der Waals surface area contributed by atoms with E-state index in [1.807, 2.05) is 25.6 Å². The third kappa shape index (κ3) is 6.35. The molecule has 0 saturated carbocycles. The second-order valence-electron chi connectivity index (χ2n) is 4.17. The van der Waals surface area contributed by atoms with Gasteiger partial charge in [0.05, 0.1) is 12.6 Å². The van der Waals surface area contributed by atoms with Gasteiger partial charge < -0.3 is 15.0 Å². The minimum atomic E-state index is -0.163. The summed E-state index contributed by atoms with van der Waals surface area (Å²) in [4.78, 5) is 13.6. The van der Waals surface area contributed by atoms with Gasteiger partial charge in [-0.1, -0.05) is 0 Å². The van der Waals surface area contributed by atoms with Crippen LogP contribution in [0.3, 0.4) is 0 Å². The topological polar surface area (TPSA) is 41.6 Å². The van der Waals surface area contributed by atoms with Crippen LogP contribution in [0, 0.1) is 0 Å². The Morgan fingerprint density at radius 3 is 2.75 bits per heavy atom. The van der Waals surface area contributed by atoms with Gasteiger partial charge in [-0.2, -0.15) is 11.8 Å². The summed E-state index contributed by atoms with van der Waals surface area (Å²) in [6.45, 7) is 8.27. The molecule has 1 heterocycles. The molecular weight excluding hydrogens is 224 g/mol. The number of hydrogen-bond donors (Lipinski definition) is 1. The third-order valence-corrected chi connectivity index (χ3v) is 3.29. The molecule has 0 atom stereocenters. The average molecular weight is 246 g/mol. The van der Waals surface area contributed by atoms with Gasteiger partial charge in [0.15, 0.2) is 0 Å². The first-order chi connectivity index (χ1) is 7.68. The number of esters is 1. The van der Waals surface area contributed by atoms with Gasteiger partial charge in [-0.25, -0.2) is 0 Å². The van der Waals surface area contributed by atoms with Crippen LogP contribution in [0.25, 0.3) is 0 Å². The lowest BCUT2D eigenvalue weighted by atomic mass is 10.4. The van der Waals surface area contributed by atoms with Crippen LogP contribution in [0.2, 0.25) is 0 Å². The third-order valence-electron chi connectivity index (χ3n) is 2.34. The van der Waals surface area contributed by atoms with E-state index in [4.69, 9.17) is 4.74 Å². The molecular formula is C11H22N2O2S. The maximum absolute atomic E-state index is 11.2. The van der Waals surface area contributed by atoms with Gasteiger partial charge in [0.25, 0.3) is 0 Å². The number of thioether (sulfide) groups is 1. The predicted molar refractivity (Wildman–Crippen MR) is 67.9 cm³/mol. The normalized spacial score (nSPS) is 17.7. The molecule has 0 aromatic heterocycles. The average Bonchev–Trinajstić information content (AvgIpc) is 2.25. The zero-order chi connectivity index (χ0) is 11.8. The number of rotatable bonds is 6. The van der Waals surface area contributed by atoms with Crippen molar-refractivity contribution in [2.75, 3.05) is 44.2 Å². The molecule has 0 radical (unpaired) electrons. The van der Waals surface area contributed by atoms with Crippen LogP contribution in [0.15, 0.2) is 0 Å². The molecule has 4 nitrogen and oxygen atoms in total. The lowest BCUT2D eigenvalue weighted by Crippen LogP contribution is -2.39. The van der Waals surface area contributed by atoms with E-state index < -0.39 is 0 Å². The Morgan fingerprint density at radius 1 is 1.44 bits per heavy atom. The van der Waals surface area contributed by atoms with E-state index in [9.17, 15) is 4.79 Å². The standard InChI is InChI=1S/C11H22N2O2S/c1-10(2)15-11(14)9-12-3-4-13-5-7-16-8-6-13/h10,12H,3-9H2,1-2H3. The number of nitrogens with one attached hydrogen (secondary N) is 1. The summed E-state index contributed by atoms with van der Waals surface area (Å²) in [6.07, 6.45) is -0.0200. The number of hydrogen-bond acceptors (Lipinski definition) is 5. The minimum absolute atomic E-state index is 0.0200. The Kier molecular flexibility index (Phi) is 6.84. The van der Waals surface area contributed by atoms with Crippen molar-refractivity contribution in [1.82, 2.24) is 10.2 Å². The molecule has 1 saturated heterocycles. The lowest BCUT2D eigenvalue weighted by Gasteiger charge is -2.25. The van der Waals surface area contributed by atoms with E-state index >= 15 is 0 Å². The van der Waals surface area contributed by atoms with Crippen molar-refractivity contribution in [1.29, 1.82) is 0 Å². The number of carbonyl (C=O) groups is 1. The molecule has 0 spiro atoms. The largest absolute Gasteiger partial charge is 0.462 e. The summed E-state index contributed by atoms with van der Waals surface area (Å²) in [6, 6.07) is 0. The van der Waals surface area contributed by atoms with Crippen LogP contribution in [0.1, 0.15) is 13.8 Å². The highest BCUT2D eigenvalue weighted by Crippen LogP contribution is 2.07. The molecule has 16 heavy (non-hydrogen) atoms. The van der Waals surface area contributed by atoms with Crippen molar-refractivity contribution >= 4 is 17.7 Å². The number of ether oxygens (including phenoxy) is 1. The zero-order valence-corrected chi connectivity index (χ0v) is 11.0. The van der Waals surface area contributed by atoms with Gasteiger partial charge in [-0.3, -0.25) is 4.79 Å². The highest BCUT2D eigenvalue weighted by molar-refractivity contribution is 7.99. The first-order valence-electron chi connectivity index (χ1n) is 5.89. The predicted octanol–water partition coefficient (Wildman–Crippen LogP) is 0.576. The van der Waals surface area contributed by atoms with Crippen LogP contribution >= 0.6 is 11.8 Å². The molecule has 0 unspecified atom stereocenters. The maximum atomic E-state index is 11.2. The molecule has 1 fully saturated rings. The van der Waals surface area contributed by atoms with Gasteiger partial charge in [0.1, 0.15) is 0 Å². The van der Waals surface area contributed by atoms with Gasteiger partial charge in [0.2, 0.25) is 0 Å². The van der Waals surface area contributed by atoms with Gasteiger partial charge in [0, 0.05) is 37.7 Å². The molecule has 1 aliphatic heterocycles. The molecule has 0 aromatic carbocycles. The molecule has 0 bridgehead atoms. The van der Waals surface area contributed by atoms with Gasteiger partial charge in [-0.05, 0) is 13.8 Å². The molecule has 0 amide bonds. The summed E-state index contributed by atoms with van der Waals surface area (Å²) < 4.78 is 5.02. The minimum Gasteiger partial charge on any atom is -0.462 e. The van der Waals surface area contributed by atoms with E-state index in [0.717, 1.165) is 13.1 Å². The van der Waals surface area contributed by atoms with Crippen LogP contribution in [0.5, 0.6) is 0 Å². The van der Waals surface area contributed by atoms with E-state index in [1.165, 1.54) is 24.6 Å². The van der Waals surface area contributed by atoms with Crippen molar-refractivity contribution in [2.24, 2.45) is 0 Å². The van der Waals surface area contributed by atoms with Gasteiger partial charge >= 0.3 is 5.97 Å². The Balaban J connectivity index is 1.96. The quantitative estimate of drug-likeness (QED) is 0.548. The lowest BCUT2D eigenvalue weighted by molar-refractivity contribution is -0.146. The summed E-state index contributed by atoms with van der Waals surface area (Å²) in [5, 5.41) is 3.11. The molecule has 0 aliphatic carbocycles. The summed E-state index contributed by atoms with van der Waals surface area (Å²) >= 11 is 2.01. The fourth-order valence-corrected chi connectivity index (χ4v) is 2.54. The van der Waals surface area contributed by atoms with Crippen LogP contribution in [0.4, 0.5) is 0 Å². The van der Waals surface area contributed by atoms with Crippen molar-refractivity contribution in [3.05, 3.63) is 0 Å². The fourth-order valence-electron chi connectivity index (χ4n) is 1.56. The second kappa shape index (κ2) is 7.92. The van der Waals surface area contributed by atoms with E-state index in [2.05, 4.69) is 10.2 Å². The van der Waals surface area contributed by atoms with E-state index in [-0.39, 0.29) is 12.1 Å². The van der Waals surface area contributed by atoms with E-state index in [0.29, 0.717) is 6.54 Å². The second-order valence-corrected chi connectivity index (χ2v) is 5.39. The SMILES string of the molecule is CC(C)OC(=O)CNCCN1CCSCC1. The smallest absolute Gasteiger partial charge is 0.320 e. The van der Waals surface area contributed by atoms with Crippen molar-refractivity contribution in [3.8, 4) is 0 Å². The Labute approximate surface area is 102 Å². The molecule has 1 N–H and O–H groups in total. The summed E-state index contributed by atoms with van der Waals surface area (Å²) in [5.74, 6) is 2.30. The van der Waals surface area contributed by atoms with Gasteiger partial charge in [-0.15, -0.1) is 0 Å². The fraction of sp³-hybridized carbons (Fsp3) is 0.909. The van der Waals surface area contributed by atoms with E-state index in [1.54, 1.807) is 0 Å². The summed E-state index contributed by atoms with van der Waals surface area (Å²) in [7, 11) is 0. The first-order valence-corrected chi connectivity index (χ1v) is 7.04. The highest BCUT2D eigenvalue weighted by Gasteiger charge is 2.10. The molecule has 1 aliphatic rings. The van der Waals surface area contributed by atoms with Crippen molar-refractivity contribution < 1.29 is 9.53 Å². The first kappa shape index (κ1) is 13.8. The van der Waals surface area contributed by atoms with Crippen molar-refractivity contribution in [2.45, 2.75) is 20.0 Å². The summed E-state index contributed by atoms with van der Waals surface area (Å²) in [5.41, 5.74) is 0. The Morgan fingerprint density at radius 2 is 2.12 bits per heavy atom. The Hall–Kier alpha value is -0.260. The zero-order valence-electron chi connectivity index (χ0n) is 10.2. The molecule has 0 aromatic rings. The van der Waals surface area contributed by atoms with Crippen LogP contribution in [-0.2, 0) is 9.53 Å². The Bertz CT molecular complexity index is 206. The molecule has 1 rings (SSSR count).